The molecule has 15 heavy (non-hydrogen) atoms. The Morgan fingerprint density at radius 3 is 2.33 bits per heavy atom. The number of nitrogens with two attached hydrogens (primary N) is 1. The molecule has 0 spiro atoms. The van der Waals surface area contributed by atoms with Crippen molar-refractivity contribution in [1.82, 2.24) is 0 Å². The summed E-state index contributed by atoms with van der Waals surface area (Å²) < 4.78 is 0. The highest BCUT2D eigenvalue weighted by molar-refractivity contribution is 6.37. The van der Waals surface area contributed by atoms with Gasteiger partial charge in [0.1, 0.15) is 0 Å². The van der Waals surface area contributed by atoms with Crippen LogP contribution in [0.5, 0.6) is 0 Å². The van der Waals surface area contributed by atoms with Crippen LogP contribution in [-0.4, -0.2) is 13.1 Å². The van der Waals surface area contributed by atoms with Crippen LogP contribution < -0.4 is 10.6 Å². The van der Waals surface area contributed by atoms with Crippen LogP contribution in [-0.2, 0) is 0 Å². The van der Waals surface area contributed by atoms with Gasteiger partial charge in [0.25, 0.3) is 0 Å². The summed E-state index contributed by atoms with van der Waals surface area (Å²) in [5.74, 6) is 0. The number of nitrogen functional groups attached to an aromatic ring is 1. The fraction of sp³-hybridized carbons (Fsp3) is 0.455. The van der Waals surface area contributed by atoms with E-state index in [0.29, 0.717) is 15.7 Å². The van der Waals surface area contributed by atoms with Crippen LogP contribution in [0.2, 0.25) is 10.0 Å². The van der Waals surface area contributed by atoms with Gasteiger partial charge < -0.3 is 10.6 Å². The second kappa shape index (κ2) is 4.50. The molecule has 4 heteroatoms. The summed E-state index contributed by atoms with van der Waals surface area (Å²) in [6.45, 7) is 2.07. The Labute approximate surface area is 100.0 Å². The van der Waals surface area contributed by atoms with Crippen LogP contribution in [0.3, 0.4) is 0 Å². The predicted molar refractivity (Wildman–Crippen MR) is 66.9 cm³/mol. The molecule has 2 nitrogen and oxygen atoms in total. The van der Waals surface area contributed by atoms with Crippen molar-refractivity contribution in [3.63, 3.8) is 0 Å². The number of nitrogens with zero attached hydrogens (tertiary/aromatic N) is 1. The van der Waals surface area contributed by atoms with Crippen molar-refractivity contribution in [2.75, 3.05) is 23.7 Å². The molecule has 1 aliphatic heterocycles. The lowest BCUT2D eigenvalue weighted by atomic mass is 10.1. The van der Waals surface area contributed by atoms with Crippen LogP contribution in [0, 0.1) is 0 Å². The summed E-state index contributed by atoms with van der Waals surface area (Å²) in [5, 5.41) is 1.25. The molecular formula is C11H14Cl2N2. The van der Waals surface area contributed by atoms with Crippen LogP contribution in [0.15, 0.2) is 12.1 Å². The molecule has 1 saturated heterocycles. The molecule has 2 N–H and O–H groups in total. The molecule has 82 valence electrons. The van der Waals surface area contributed by atoms with E-state index < -0.39 is 0 Å². The first-order valence-electron chi connectivity index (χ1n) is 5.18. The van der Waals surface area contributed by atoms with E-state index >= 15 is 0 Å². The van der Waals surface area contributed by atoms with E-state index in [-0.39, 0.29) is 0 Å². The molecule has 0 aromatic heterocycles. The largest absolute Gasteiger partial charge is 0.397 e. The molecular weight excluding hydrogens is 231 g/mol. The number of anilines is 2. The van der Waals surface area contributed by atoms with E-state index in [9.17, 15) is 0 Å². The minimum Gasteiger partial charge on any atom is -0.397 e. The highest BCUT2D eigenvalue weighted by atomic mass is 35.5. The number of hydrogen-bond donors (Lipinski definition) is 1. The molecule has 0 atom stereocenters. The zero-order valence-corrected chi connectivity index (χ0v) is 9.98. The molecule has 1 aliphatic rings. The van der Waals surface area contributed by atoms with Crippen LogP contribution in [0.1, 0.15) is 19.3 Å². The quantitative estimate of drug-likeness (QED) is 0.766. The standard InChI is InChI=1S/C11H14Cl2N2/c12-8-6-9(13)11(10(14)7-8)15-4-2-1-3-5-15/h6-7H,1-5,14H2. The summed E-state index contributed by atoms with van der Waals surface area (Å²) in [5.41, 5.74) is 7.56. The third kappa shape index (κ3) is 2.32. The second-order valence-corrected chi connectivity index (χ2v) is 4.72. The fourth-order valence-corrected chi connectivity index (χ4v) is 2.67. The maximum absolute atomic E-state index is 6.16. The number of rotatable bonds is 1. The van der Waals surface area contributed by atoms with E-state index in [1.807, 2.05) is 0 Å². The highest BCUT2D eigenvalue weighted by Gasteiger charge is 2.16. The normalized spacial score (nSPS) is 16.8. The fourth-order valence-electron chi connectivity index (χ4n) is 2.04. The van der Waals surface area contributed by atoms with Gasteiger partial charge in [-0.25, -0.2) is 0 Å². The maximum atomic E-state index is 6.16. The monoisotopic (exact) mass is 244 g/mol. The van der Waals surface area contributed by atoms with Crippen LogP contribution >= 0.6 is 23.2 Å². The first-order chi connectivity index (χ1) is 7.18. The van der Waals surface area contributed by atoms with Gasteiger partial charge in [0, 0.05) is 18.1 Å². The Balaban J connectivity index is 2.33. The summed E-state index contributed by atoms with van der Waals surface area (Å²) in [4.78, 5) is 2.25. The van der Waals surface area contributed by atoms with Crippen LogP contribution in [0.25, 0.3) is 0 Å². The van der Waals surface area contributed by atoms with E-state index in [1.165, 1.54) is 19.3 Å². The molecule has 1 heterocycles. The van der Waals surface area contributed by atoms with Crippen molar-refractivity contribution in [2.24, 2.45) is 0 Å². The maximum Gasteiger partial charge on any atom is 0.0790 e. The first kappa shape index (κ1) is 10.9. The van der Waals surface area contributed by atoms with Gasteiger partial charge in [0.15, 0.2) is 0 Å². The van der Waals surface area contributed by atoms with E-state index in [1.54, 1.807) is 12.1 Å². The third-order valence-electron chi connectivity index (χ3n) is 2.73. The van der Waals surface area contributed by atoms with Gasteiger partial charge in [-0.05, 0) is 31.4 Å². The zero-order valence-electron chi connectivity index (χ0n) is 8.47. The SMILES string of the molecule is Nc1cc(Cl)cc(Cl)c1N1CCCCC1. The predicted octanol–water partition coefficient (Wildman–Crippen LogP) is 3.57. The lowest BCUT2D eigenvalue weighted by molar-refractivity contribution is 0.578. The minimum atomic E-state index is 0.596. The molecule has 1 aromatic rings. The van der Waals surface area contributed by atoms with Gasteiger partial charge in [-0.15, -0.1) is 0 Å². The molecule has 0 aliphatic carbocycles. The number of benzene rings is 1. The van der Waals surface area contributed by atoms with Gasteiger partial charge in [-0.2, -0.15) is 0 Å². The first-order valence-corrected chi connectivity index (χ1v) is 5.93. The van der Waals surface area contributed by atoms with Gasteiger partial charge in [0.05, 0.1) is 16.4 Å². The molecule has 0 unspecified atom stereocenters. The average Bonchev–Trinajstić information content (AvgIpc) is 2.17. The summed E-state index contributed by atoms with van der Waals surface area (Å²) in [6, 6.07) is 3.51. The molecule has 0 bridgehead atoms. The minimum absolute atomic E-state index is 0.596. The highest BCUT2D eigenvalue weighted by Crippen LogP contribution is 2.36. The van der Waals surface area contributed by atoms with Crippen molar-refractivity contribution in [1.29, 1.82) is 0 Å². The van der Waals surface area contributed by atoms with Crippen molar-refractivity contribution in [2.45, 2.75) is 19.3 Å². The average molecular weight is 245 g/mol. The molecule has 2 rings (SSSR count). The molecule has 0 radical (unpaired) electrons. The van der Waals surface area contributed by atoms with Crippen molar-refractivity contribution in [3.05, 3.63) is 22.2 Å². The van der Waals surface area contributed by atoms with E-state index in [0.717, 1.165) is 18.8 Å². The molecule has 1 aromatic carbocycles. The van der Waals surface area contributed by atoms with E-state index in [2.05, 4.69) is 4.90 Å². The van der Waals surface area contributed by atoms with Crippen LogP contribution in [0.4, 0.5) is 11.4 Å². The summed E-state index contributed by atoms with van der Waals surface area (Å²) in [7, 11) is 0. The van der Waals surface area contributed by atoms with Crippen molar-refractivity contribution in [3.8, 4) is 0 Å². The number of piperidine rings is 1. The second-order valence-electron chi connectivity index (χ2n) is 3.87. The van der Waals surface area contributed by atoms with Crippen molar-refractivity contribution < 1.29 is 0 Å². The molecule has 0 amide bonds. The lowest BCUT2D eigenvalue weighted by Gasteiger charge is -2.30. The van der Waals surface area contributed by atoms with Gasteiger partial charge in [-0.1, -0.05) is 23.2 Å². The number of halogens is 2. The third-order valence-corrected chi connectivity index (χ3v) is 3.24. The van der Waals surface area contributed by atoms with Gasteiger partial charge in [0.2, 0.25) is 0 Å². The van der Waals surface area contributed by atoms with Gasteiger partial charge in [-0.3, -0.25) is 0 Å². The Bertz CT molecular complexity index is 337. The molecule has 1 fully saturated rings. The lowest BCUT2D eigenvalue weighted by Crippen LogP contribution is -2.30. The topological polar surface area (TPSA) is 29.3 Å². The Kier molecular flexibility index (Phi) is 3.27. The van der Waals surface area contributed by atoms with Crippen molar-refractivity contribution >= 4 is 34.6 Å². The smallest absolute Gasteiger partial charge is 0.0790 e. The Morgan fingerprint density at radius 2 is 1.73 bits per heavy atom. The zero-order chi connectivity index (χ0) is 10.8. The summed E-state index contributed by atoms with van der Waals surface area (Å²) in [6.07, 6.45) is 3.71. The molecule has 0 saturated carbocycles. The van der Waals surface area contributed by atoms with E-state index in [4.69, 9.17) is 28.9 Å². The number of hydrogen-bond acceptors (Lipinski definition) is 2. The Morgan fingerprint density at radius 1 is 1.07 bits per heavy atom. The Hall–Kier alpha value is -0.600. The summed E-state index contributed by atoms with van der Waals surface area (Å²) >= 11 is 12.0. The van der Waals surface area contributed by atoms with Gasteiger partial charge >= 0.3 is 0 Å².